The van der Waals surface area contributed by atoms with Gasteiger partial charge in [0, 0.05) is 42.6 Å². The van der Waals surface area contributed by atoms with Crippen molar-refractivity contribution >= 4 is 28.2 Å². The largest absolute Gasteiger partial charge is 0.377 e. The van der Waals surface area contributed by atoms with Gasteiger partial charge in [-0.1, -0.05) is 32.0 Å². The number of hydrogen-bond donors (Lipinski definition) is 2. The molecule has 0 atom stereocenters. The number of aromatic nitrogens is 1. The molecule has 2 aromatic carbocycles. The molecule has 26 heavy (non-hydrogen) atoms. The van der Waals surface area contributed by atoms with Crippen molar-refractivity contribution in [1.29, 1.82) is 0 Å². The van der Waals surface area contributed by atoms with E-state index in [0.29, 0.717) is 22.5 Å². The van der Waals surface area contributed by atoms with Crippen molar-refractivity contribution in [2.75, 3.05) is 24.3 Å². The number of para-hydroxylation sites is 1. The third-order valence-corrected chi connectivity index (χ3v) is 4.43. The number of H-pyrrole nitrogens is 1. The summed E-state index contributed by atoms with van der Waals surface area (Å²) in [5.74, 6) is -0.0421. The minimum Gasteiger partial charge on any atom is -0.377 e. The summed E-state index contributed by atoms with van der Waals surface area (Å²) in [7, 11) is 3.95. The smallest absolute Gasteiger partial charge is 0.261 e. The van der Waals surface area contributed by atoms with Crippen LogP contribution in [-0.4, -0.2) is 25.0 Å². The van der Waals surface area contributed by atoms with Crippen LogP contribution in [-0.2, 0) is 0 Å². The molecule has 0 aliphatic heterocycles. The second-order valence-corrected chi connectivity index (χ2v) is 6.85. The predicted octanol–water partition coefficient (Wildman–Crippen LogP) is 3.97. The molecule has 0 aliphatic carbocycles. The summed E-state index contributed by atoms with van der Waals surface area (Å²) in [4.78, 5) is 30.3. The molecule has 2 N–H and O–H groups in total. The molecule has 134 valence electrons. The molecule has 0 unspecified atom stereocenters. The highest BCUT2D eigenvalue weighted by molar-refractivity contribution is 6.05. The van der Waals surface area contributed by atoms with Crippen molar-refractivity contribution in [3.8, 4) is 0 Å². The number of rotatable bonds is 4. The second kappa shape index (κ2) is 7.04. The van der Waals surface area contributed by atoms with Crippen molar-refractivity contribution in [3.63, 3.8) is 0 Å². The molecule has 1 heterocycles. The zero-order valence-corrected chi connectivity index (χ0v) is 15.5. The summed E-state index contributed by atoms with van der Waals surface area (Å²) in [6.45, 7) is 4.27. The number of carbonyl (C=O) groups excluding carboxylic acids is 1. The van der Waals surface area contributed by atoms with Crippen LogP contribution in [0.4, 0.5) is 11.4 Å². The van der Waals surface area contributed by atoms with E-state index in [1.807, 2.05) is 49.3 Å². The lowest BCUT2D eigenvalue weighted by molar-refractivity contribution is 0.102. The Morgan fingerprint density at radius 3 is 2.54 bits per heavy atom. The van der Waals surface area contributed by atoms with E-state index in [9.17, 15) is 9.59 Å². The maximum atomic E-state index is 12.6. The topological polar surface area (TPSA) is 65.2 Å². The molecule has 0 saturated carbocycles. The number of benzene rings is 2. The van der Waals surface area contributed by atoms with E-state index >= 15 is 0 Å². The predicted molar refractivity (Wildman–Crippen MR) is 107 cm³/mol. The highest BCUT2D eigenvalue weighted by Crippen LogP contribution is 2.29. The Hall–Kier alpha value is -3.08. The fraction of sp³-hybridized carbons (Fsp3) is 0.238. The number of anilines is 2. The molecule has 3 aromatic rings. The molecular weight excluding hydrogens is 326 g/mol. The van der Waals surface area contributed by atoms with Crippen LogP contribution in [0.3, 0.4) is 0 Å². The Labute approximate surface area is 152 Å². The van der Waals surface area contributed by atoms with Gasteiger partial charge < -0.3 is 15.2 Å². The molecule has 0 bridgehead atoms. The average Bonchev–Trinajstić information content (AvgIpc) is 2.61. The SMILES string of the molecule is CC(C)c1ccc(NC(=O)c2c[nH]c3ccccc3c2=O)cc1N(C)C. The zero-order chi connectivity index (χ0) is 18.8. The van der Waals surface area contributed by atoms with Gasteiger partial charge in [0.25, 0.3) is 5.91 Å². The van der Waals surface area contributed by atoms with Gasteiger partial charge >= 0.3 is 0 Å². The Balaban J connectivity index is 1.95. The van der Waals surface area contributed by atoms with E-state index in [1.54, 1.807) is 12.1 Å². The van der Waals surface area contributed by atoms with Crippen molar-refractivity contribution < 1.29 is 4.79 Å². The van der Waals surface area contributed by atoms with Crippen LogP contribution >= 0.6 is 0 Å². The molecule has 5 heteroatoms. The Morgan fingerprint density at radius 2 is 1.85 bits per heavy atom. The number of aromatic amines is 1. The molecule has 0 spiro atoms. The van der Waals surface area contributed by atoms with E-state index in [0.717, 1.165) is 5.69 Å². The fourth-order valence-electron chi connectivity index (χ4n) is 3.03. The van der Waals surface area contributed by atoms with Crippen LogP contribution in [0.25, 0.3) is 10.9 Å². The summed E-state index contributed by atoms with van der Waals surface area (Å²) in [5, 5.41) is 3.34. The van der Waals surface area contributed by atoms with Gasteiger partial charge in [0.15, 0.2) is 0 Å². The van der Waals surface area contributed by atoms with Crippen LogP contribution in [0.2, 0.25) is 0 Å². The molecule has 0 saturated heterocycles. The first-order valence-corrected chi connectivity index (χ1v) is 8.61. The number of nitrogens with zero attached hydrogens (tertiary/aromatic N) is 1. The van der Waals surface area contributed by atoms with E-state index in [4.69, 9.17) is 0 Å². The summed E-state index contributed by atoms with van der Waals surface area (Å²) in [5.41, 5.74) is 3.45. The highest BCUT2D eigenvalue weighted by atomic mass is 16.2. The lowest BCUT2D eigenvalue weighted by atomic mass is 10.00. The summed E-state index contributed by atoms with van der Waals surface area (Å²) in [6.07, 6.45) is 1.47. The van der Waals surface area contributed by atoms with Crippen molar-refractivity contribution in [2.24, 2.45) is 0 Å². The van der Waals surface area contributed by atoms with Crippen LogP contribution in [0, 0.1) is 0 Å². The van der Waals surface area contributed by atoms with E-state index < -0.39 is 5.91 Å². The van der Waals surface area contributed by atoms with Crippen LogP contribution in [0.1, 0.15) is 35.7 Å². The van der Waals surface area contributed by atoms with Gasteiger partial charge in [-0.25, -0.2) is 0 Å². The molecule has 0 radical (unpaired) electrons. The Kier molecular flexibility index (Phi) is 4.80. The first-order chi connectivity index (χ1) is 12.4. The van der Waals surface area contributed by atoms with E-state index in [1.165, 1.54) is 11.8 Å². The summed E-state index contributed by atoms with van der Waals surface area (Å²) < 4.78 is 0. The van der Waals surface area contributed by atoms with Crippen molar-refractivity contribution in [3.05, 3.63) is 70.0 Å². The quantitative estimate of drug-likeness (QED) is 0.749. The van der Waals surface area contributed by atoms with Crippen LogP contribution in [0.5, 0.6) is 0 Å². The number of hydrogen-bond acceptors (Lipinski definition) is 3. The van der Waals surface area contributed by atoms with Gasteiger partial charge in [-0.3, -0.25) is 9.59 Å². The first kappa shape index (κ1) is 17.7. The monoisotopic (exact) mass is 349 g/mol. The van der Waals surface area contributed by atoms with Crippen molar-refractivity contribution in [2.45, 2.75) is 19.8 Å². The molecular formula is C21H23N3O2. The van der Waals surface area contributed by atoms with Gasteiger partial charge in [-0.15, -0.1) is 0 Å². The van der Waals surface area contributed by atoms with Gasteiger partial charge in [0.05, 0.1) is 0 Å². The van der Waals surface area contributed by atoms with Gasteiger partial charge in [0.1, 0.15) is 5.56 Å². The van der Waals surface area contributed by atoms with Crippen LogP contribution in [0.15, 0.2) is 53.5 Å². The standard InChI is InChI=1S/C21H23N3O2/c1-13(2)15-10-9-14(11-19(15)24(3)4)23-21(26)17-12-22-18-8-6-5-7-16(18)20(17)25/h5-13H,1-4H3,(H,22,25)(H,23,26). The Bertz CT molecular complexity index is 1020. The number of pyridine rings is 1. The lowest BCUT2D eigenvalue weighted by Gasteiger charge is -2.21. The third-order valence-electron chi connectivity index (χ3n) is 4.43. The van der Waals surface area contributed by atoms with Crippen LogP contribution < -0.4 is 15.6 Å². The molecule has 0 fully saturated rings. The van der Waals surface area contributed by atoms with E-state index in [2.05, 4.69) is 24.1 Å². The number of amides is 1. The number of carbonyl (C=O) groups is 1. The maximum absolute atomic E-state index is 12.6. The molecule has 1 aromatic heterocycles. The highest BCUT2D eigenvalue weighted by Gasteiger charge is 2.15. The van der Waals surface area contributed by atoms with Gasteiger partial charge in [-0.2, -0.15) is 0 Å². The van der Waals surface area contributed by atoms with Gasteiger partial charge in [0.2, 0.25) is 5.43 Å². The summed E-state index contributed by atoms with van der Waals surface area (Å²) >= 11 is 0. The number of fused-ring (bicyclic) bond motifs is 1. The average molecular weight is 349 g/mol. The third kappa shape index (κ3) is 3.33. The molecule has 1 amide bonds. The lowest BCUT2D eigenvalue weighted by Crippen LogP contribution is -2.22. The first-order valence-electron chi connectivity index (χ1n) is 8.61. The zero-order valence-electron chi connectivity index (χ0n) is 15.5. The van der Waals surface area contributed by atoms with E-state index in [-0.39, 0.29) is 11.0 Å². The molecule has 3 rings (SSSR count). The molecule has 5 nitrogen and oxygen atoms in total. The Morgan fingerprint density at radius 1 is 1.12 bits per heavy atom. The second-order valence-electron chi connectivity index (χ2n) is 6.85. The summed E-state index contributed by atoms with van der Waals surface area (Å²) in [6, 6.07) is 13.0. The maximum Gasteiger partial charge on any atom is 0.261 e. The van der Waals surface area contributed by atoms with Gasteiger partial charge in [-0.05, 0) is 35.7 Å². The minimum absolute atomic E-state index is 0.100. The fourth-order valence-corrected chi connectivity index (χ4v) is 3.03. The number of nitrogens with one attached hydrogen (secondary N) is 2. The van der Waals surface area contributed by atoms with Crippen molar-refractivity contribution in [1.82, 2.24) is 4.98 Å². The molecule has 0 aliphatic rings. The normalized spacial score (nSPS) is 11.0. The minimum atomic E-state index is -0.418.